The molecule has 52 heavy (non-hydrogen) atoms. The molecule has 2 N–H and O–H groups in total. The number of alkyl carbamates (subject to hydrolysis) is 1. The number of rotatable bonds is 26. The molecule has 1 atom stereocenters. The normalized spacial score (nSPS) is 12.3. The van der Waals surface area contributed by atoms with Crippen molar-refractivity contribution in [2.24, 2.45) is 0 Å². The maximum Gasteiger partial charge on any atom is 0.408 e. The second-order valence-corrected chi connectivity index (χ2v) is 14.7. The van der Waals surface area contributed by atoms with Crippen molar-refractivity contribution >= 4 is 35.4 Å². The van der Waals surface area contributed by atoms with Crippen molar-refractivity contribution in [1.29, 1.82) is 0 Å². The standard InChI is InChI=1S/C41H57ClN2O7S/c1-40(2,3)51-39(46)44-37(38(45)43-24-26-48-28-30-50-32-31-49-29-27-47-25-16-5-4-15-23-42)33-52-41(34-17-9-6-10-18-34,35-19-11-7-12-20-35)36-21-13-8-14-22-36/h6-14,17-22,37H,4-5,15-16,23-33H2,1-3H3,(H,43,45)(H,44,46)/t37-/m0/s1. The van der Waals surface area contributed by atoms with E-state index in [4.69, 9.17) is 35.3 Å². The lowest BCUT2D eigenvalue weighted by molar-refractivity contribution is -0.122. The second-order valence-electron chi connectivity index (χ2n) is 13.1. The summed E-state index contributed by atoms with van der Waals surface area (Å²) >= 11 is 7.28. The number of unbranched alkanes of at least 4 members (excludes halogenated alkanes) is 3. The summed E-state index contributed by atoms with van der Waals surface area (Å²) in [4.78, 5) is 26.6. The minimum absolute atomic E-state index is 0.266. The molecular formula is C41H57ClN2O7S. The molecule has 0 aromatic heterocycles. The number of amides is 2. The predicted molar refractivity (Wildman–Crippen MR) is 210 cm³/mol. The van der Waals surface area contributed by atoms with E-state index in [1.807, 2.05) is 54.6 Å². The third kappa shape index (κ3) is 16.3. The molecule has 0 unspecified atom stereocenters. The molecule has 0 saturated heterocycles. The van der Waals surface area contributed by atoms with Gasteiger partial charge in [0.2, 0.25) is 5.91 Å². The van der Waals surface area contributed by atoms with Crippen LogP contribution in [-0.4, -0.2) is 94.7 Å². The van der Waals surface area contributed by atoms with Gasteiger partial charge in [-0.3, -0.25) is 4.79 Å². The van der Waals surface area contributed by atoms with Gasteiger partial charge in [0.05, 0.1) is 51.0 Å². The van der Waals surface area contributed by atoms with E-state index in [1.54, 1.807) is 32.5 Å². The first-order valence-corrected chi connectivity index (χ1v) is 19.7. The molecule has 0 saturated carbocycles. The number of benzene rings is 3. The van der Waals surface area contributed by atoms with E-state index < -0.39 is 22.5 Å². The Hall–Kier alpha value is -3.12. The molecule has 0 bridgehead atoms. The number of carbonyl (C=O) groups excluding carboxylic acids is 2. The Morgan fingerprint density at radius 2 is 1.08 bits per heavy atom. The maximum absolute atomic E-state index is 13.6. The van der Waals surface area contributed by atoms with Crippen molar-refractivity contribution in [3.05, 3.63) is 108 Å². The highest BCUT2D eigenvalue weighted by molar-refractivity contribution is 8.00. The Kier molecular flexibility index (Phi) is 20.8. The fourth-order valence-corrected chi connectivity index (χ4v) is 7.14. The number of nitrogens with one attached hydrogen (secondary N) is 2. The lowest BCUT2D eigenvalue weighted by Crippen LogP contribution is -2.50. The average molecular weight is 757 g/mol. The van der Waals surface area contributed by atoms with Gasteiger partial charge in [-0.25, -0.2) is 4.79 Å². The van der Waals surface area contributed by atoms with E-state index in [-0.39, 0.29) is 18.2 Å². The molecular weight excluding hydrogens is 700 g/mol. The molecule has 0 radical (unpaired) electrons. The molecule has 11 heteroatoms. The summed E-state index contributed by atoms with van der Waals surface area (Å²) in [6.07, 6.45) is 3.74. The zero-order valence-corrected chi connectivity index (χ0v) is 32.6. The molecule has 0 spiro atoms. The third-order valence-corrected chi connectivity index (χ3v) is 9.76. The van der Waals surface area contributed by atoms with Crippen LogP contribution in [0, 0.1) is 0 Å². The van der Waals surface area contributed by atoms with E-state index >= 15 is 0 Å². The van der Waals surface area contributed by atoms with Gasteiger partial charge in [-0.15, -0.1) is 23.4 Å². The van der Waals surface area contributed by atoms with Crippen LogP contribution < -0.4 is 10.6 Å². The highest BCUT2D eigenvalue weighted by atomic mass is 35.5. The highest BCUT2D eigenvalue weighted by Crippen LogP contribution is 2.48. The minimum Gasteiger partial charge on any atom is -0.444 e. The Morgan fingerprint density at radius 1 is 0.635 bits per heavy atom. The van der Waals surface area contributed by atoms with E-state index in [9.17, 15) is 9.59 Å². The van der Waals surface area contributed by atoms with Gasteiger partial charge in [0.25, 0.3) is 0 Å². The first-order valence-electron chi connectivity index (χ1n) is 18.2. The molecule has 9 nitrogen and oxygen atoms in total. The minimum atomic E-state index is -0.884. The first-order chi connectivity index (χ1) is 25.3. The second kappa shape index (κ2) is 25.0. The molecule has 3 aromatic carbocycles. The van der Waals surface area contributed by atoms with Crippen molar-refractivity contribution in [3.63, 3.8) is 0 Å². The fraction of sp³-hybridized carbons (Fsp3) is 0.512. The van der Waals surface area contributed by atoms with Crippen molar-refractivity contribution in [2.75, 3.05) is 71.0 Å². The maximum atomic E-state index is 13.6. The van der Waals surface area contributed by atoms with E-state index in [0.29, 0.717) is 46.2 Å². The number of thioether (sulfide) groups is 1. The number of hydrogen-bond acceptors (Lipinski definition) is 8. The van der Waals surface area contributed by atoms with Gasteiger partial charge in [-0.05, 0) is 50.3 Å². The van der Waals surface area contributed by atoms with Crippen LogP contribution in [0.25, 0.3) is 0 Å². The first kappa shape index (κ1) is 43.3. The van der Waals surface area contributed by atoms with Gasteiger partial charge in [-0.2, -0.15) is 0 Å². The summed E-state index contributed by atoms with van der Waals surface area (Å²) in [6.45, 7) is 9.54. The largest absolute Gasteiger partial charge is 0.444 e. The summed E-state index contributed by atoms with van der Waals surface area (Å²) in [6, 6.07) is 29.8. The zero-order valence-electron chi connectivity index (χ0n) is 31.0. The number of hydrogen-bond donors (Lipinski definition) is 2. The highest BCUT2D eigenvalue weighted by Gasteiger charge is 2.38. The van der Waals surface area contributed by atoms with Gasteiger partial charge in [0.15, 0.2) is 0 Å². The monoisotopic (exact) mass is 756 g/mol. The summed E-state index contributed by atoms with van der Waals surface area (Å²) in [7, 11) is 0. The predicted octanol–water partition coefficient (Wildman–Crippen LogP) is 7.59. The SMILES string of the molecule is CC(C)(C)OC(=O)N[C@@H](CSC(c1ccccc1)(c1ccccc1)c1ccccc1)C(=O)NCCOCCOCCOCCOCCCCCCCl. The van der Waals surface area contributed by atoms with Gasteiger partial charge >= 0.3 is 6.09 Å². The van der Waals surface area contributed by atoms with Gasteiger partial charge in [0, 0.05) is 24.8 Å². The Bertz CT molecular complexity index is 1280. The van der Waals surface area contributed by atoms with E-state index in [1.165, 1.54) is 0 Å². The summed E-state index contributed by atoms with van der Waals surface area (Å²) in [5, 5.41) is 5.76. The number of carbonyl (C=O) groups is 2. The number of halogens is 1. The Morgan fingerprint density at radius 3 is 1.54 bits per heavy atom. The lowest BCUT2D eigenvalue weighted by Gasteiger charge is -2.36. The van der Waals surface area contributed by atoms with Crippen LogP contribution in [0.2, 0.25) is 0 Å². The molecule has 286 valence electrons. The molecule has 0 aliphatic heterocycles. The smallest absolute Gasteiger partial charge is 0.408 e. The summed E-state index contributed by atoms with van der Waals surface area (Å²) in [5.74, 6) is 0.663. The molecule has 0 aliphatic rings. The van der Waals surface area contributed by atoms with Crippen LogP contribution in [0.1, 0.15) is 63.1 Å². The number of ether oxygens (including phenoxy) is 5. The summed E-state index contributed by atoms with van der Waals surface area (Å²) < 4.78 is 27.3. The molecule has 3 rings (SSSR count). The fourth-order valence-electron chi connectivity index (χ4n) is 5.39. The van der Waals surface area contributed by atoms with E-state index in [2.05, 4.69) is 47.0 Å². The van der Waals surface area contributed by atoms with Crippen molar-refractivity contribution in [1.82, 2.24) is 10.6 Å². The van der Waals surface area contributed by atoms with Crippen LogP contribution in [0.5, 0.6) is 0 Å². The van der Waals surface area contributed by atoms with Crippen LogP contribution in [-0.2, 0) is 33.2 Å². The van der Waals surface area contributed by atoms with Crippen LogP contribution in [0.3, 0.4) is 0 Å². The van der Waals surface area contributed by atoms with Gasteiger partial charge < -0.3 is 34.3 Å². The summed E-state index contributed by atoms with van der Waals surface area (Å²) in [5.41, 5.74) is 2.46. The third-order valence-electron chi connectivity index (χ3n) is 7.85. The number of alkyl halides is 1. The molecule has 0 heterocycles. The van der Waals surface area contributed by atoms with Gasteiger partial charge in [-0.1, -0.05) is 104 Å². The Labute approximate surface area is 319 Å². The van der Waals surface area contributed by atoms with Crippen molar-refractivity contribution in [3.8, 4) is 0 Å². The molecule has 3 aromatic rings. The zero-order chi connectivity index (χ0) is 37.3. The van der Waals surface area contributed by atoms with Crippen molar-refractivity contribution < 1.29 is 33.3 Å². The lowest BCUT2D eigenvalue weighted by atomic mass is 9.84. The van der Waals surface area contributed by atoms with Gasteiger partial charge in [0.1, 0.15) is 11.6 Å². The molecule has 2 amide bonds. The average Bonchev–Trinajstić information content (AvgIpc) is 3.14. The molecule has 0 aliphatic carbocycles. The van der Waals surface area contributed by atoms with Crippen molar-refractivity contribution in [2.45, 2.75) is 62.8 Å². The van der Waals surface area contributed by atoms with Crippen LogP contribution in [0.4, 0.5) is 4.79 Å². The quantitative estimate of drug-likeness (QED) is 0.0491. The topological polar surface area (TPSA) is 104 Å². The van der Waals surface area contributed by atoms with E-state index in [0.717, 1.165) is 54.9 Å². The Balaban J connectivity index is 1.51. The molecule has 0 fully saturated rings. The van der Waals surface area contributed by atoms with Crippen LogP contribution in [0.15, 0.2) is 91.0 Å². The van der Waals surface area contributed by atoms with Crippen LogP contribution >= 0.6 is 23.4 Å².